The van der Waals surface area contributed by atoms with Gasteiger partial charge in [-0.05, 0) is 20.3 Å². The number of esters is 1. The van der Waals surface area contributed by atoms with Crippen LogP contribution in [0.2, 0.25) is 0 Å². The van der Waals surface area contributed by atoms with Crippen LogP contribution in [0.4, 0.5) is 4.79 Å². The van der Waals surface area contributed by atoms with Crippen molar-refractivity contribution in [1.82, 2.24) is 5.32 Å². The summed E-state index contributed by atoms with van der Waals surface area (Å²) in [6, 6.07) is 0. The van der Waals surface area contributed by atoms with Gasteiger partial charge in [-0.2, -0.15) is 0 Å². The van der Waals surface area contributed by atoms with Crippen molar-refractivity contribution in [2.45, 2.75) is 34.1 Å². The lowest BCUT2D eigenvalue weighted by molar-refractivity contribution is -0.147. The number of ether oxygens (including phenoxy) is 1. The maximum Gasteiger partial charge on any atom is 0.433 e. The fourth-order valence-corrected chi connectivity index (χ4v) is 0.779. The van der Waals surface area contributed by atoms with Crippen molar-refractivity contribution in [3.05, 3.63) is 0 Å². The Labute approximate surface area is 101 Å². The number of nitrogens with one attached hydrogen (secondary N) is 1. The van der Waals surface area contributed by atoms with Gasteiger partial charge in [0.15, 0.2) is 0 Å². The van der Waals surface area contributed by atoms with Gasteiger partial charge in [0, 0.05) is 0 Å². The number of oxime groups is 1. The molecule has 1 atom stereocenters. The smallest absolute Gasteiger partial charge is 0.433 e. The van der Waals surface area contributed by atoms with Gasteiger partial charge in [-0.1, -0.05) is 19.0 Å². The highest BCUT2D eigenvalue weighted by atomic mass is 16.7. The molecular formula is C11H20N2O4. The first-order valence-electron chi connectivity index (χ1n) is 5.60. The van der Waals surface area contributed by atoms with Crippen molar-refractivity contribution in [3.63, 3.8) is 0 Å². The molecule has 0 fully saturated rings. The Morgan fingerprint density at radius 3 is 2.53 bits per heavy atom. The van der Waals surface area contributed by atoms with Crippen LogP contribution in [0, 0.1) is 5.92 Å². The van der Waals surface area contributed by atoms with Crippen LogP contribution in [0.1, 0.15) is 34.1 Å². The molecule has 0 heterocycles. The Morgan fingerprint density at radius 2 is 2.00 bits per heavy atom. The molecule has 0 saturated carbocycles. The zero-order valence-corrected chi connectivity index (χ0v) is 10.8. The lowest BCUT2D eigenvalue weighted by atomic mass is 10.1. The van der Waals surface area contributed by atoms with E-state index in [1.165, 1.54) is 0 Å². The Kier molecular flexibility index (Phi) is 7.75. The van der Waals surface area contributed by atoms with E-state index in [9.17, 15) is 9.59 Å². The van der Waals surface area contributed by atoms with Gasteiger partial charge in [-0.25, -0.2) is 4.79 Å². The van der Waals surface area contributed by atoms with Crippen LogP contribution in [-0.4, -0.2) is 30.9 Å². The van der Waals surface area contributed by atoms with E-state index in [0.717, 1.165) is 6.42 Å². The quantitative estimate of drug-likeness (QED) is 0.253. The first-order chi connectivity index (χ1) is 7.97. The van der Waals surface area contributed by atoms with Crippen molar-refractivity contribution < 1.29 is 19.2 Å². The average Bonchev–Trinajstić information content (AvgIpc) is 2.30. The second kappa shape index (κ2) is 8.55. The molecule has 0 saturated heterocycles. The molecular weight excluding hydrogens is 224 g/mol. The van der Waals surface area contributed by atoms with E-state index in [0.29, 0.717) is 5.71 Å². The summed E-state index contributed by atoms with van der Waals surface area (Å²) in [6.45, 7) is 7.46. The third-order valence-corrected chi connectivity index (χ3v) is 1.94. The second-order valence-electron chi connectivity index (χ2n) is 3.82. The molecule has 1 amide bonds. The maximum atomic E-state index is 11.2. The van der Waals surface area contributed by atoms with Crippen molar-refractivity contribution >= 4 is 17.8 Å². The molecule has 0 aliphatic heterocycles. The van der Waals surface area contributed by atoms with Crippen LogP contribution in [0.25, 0.3) is 0 Å². The van der Waals surface area contributed by atoms with Crippen LogP contribution < -0.4 is 5.32 Å². The number of hydrogen-bond acceptors (Lipinski definition) is 5. The molecule has 0 aromatic heterocycles. The minimum Gasteiger partial charge on any atom is -0.464 e. The van der Waals surface area contributed by atoms with E-state index in [-0.39, 0.29) is 25.0 Å². The van der Waals surface area contributed by atoms with Crippen molar-refractivity contribution in [1.29, 1.82) is 0 Å². The van der Waals surface area contributed by atoms with Crippen LogP contribution in [0.15, 0.2) is 5.16 Å². The maximum absolute atomic E-state index is 11.2. The third kappa shape index (κ3) is 8.24. The van der Waals surface area contributed by atoms with Gasteiger partial charge >= 0.3 is 12.1 Å². The van der Waals surface area contributed by atoms with Gasteiger partial charge in [0.05, 0.1) is 18.2 Å². The molecule has 0 radical (unpaired) electrons. The van der Waals surface area contributed by atoms with Crippen molar-refractivity contribution in [3.8, 4) is 0 Å². The molecule has 1 unspecified atom stereocenters. The Hall–Kier alpha value is -1.59. The molecule has 0 aromatic carbocycles. The summed E-state index contributed by atoms with van der Waals surface area (Å²) in [7, 11) is 0. The van der Waals surface area contributed by atoms with Crippen LogP contribution in [-0.2, 0) is 14.4 Å². The number of hydrogen-bond donors (Lipinski definition) is 1. The second-order valence-corrected chi connectivity index (χ2v) is 3.82. The first-order valence-corrected chi connectivity index (χ1v) is 5.60. The summed E-state index contributed by atoms with van der Waals surface area (Å²) >= 11 is 0. The van der Waals surface area contributed by atoms with Gasteiger partial charge in [0.2, 0.25) is 0 Å². The number of nitrogens with zero attached hydrogens (tertiary/aromatic N) is 1. The minimum absolute atomic E-state index is 0.116. The van der Waals surface area contributed by atoms with E-state index in [1.807, 2.05) is 6.92 Å². The summed E-state index contributed by atoms with van der Waals surface area (Å²) in [4.78, 5) is 26.7. The molecule has 0 aromatic rings. The van der Waals surface area contributed by atoms with Crippen LogP contribution >= 0.6 is 0 Å². The molecule has 0 spiro atoms. The SMILES string of the molecule is CCC(C)C(=O)OCCNC(=O)ON=C(C)C. The molecule has 0 rings (SSSR count). The molecule has 0 bridgehead atoms. The molecule has 6 nitrogen and oxygen atoms in total. The predicted molar refractivity (Wildman–Crippen MR) is 63.7 cm³/mol. The highest BCUT2D eigenvalue weighted by Crippen LogP contribution is 2.02. The fourth-order valence-electron chi connectivity index (χ4n) is 0.779. The lowest BCUT2D eigenvalue weighted by Gasteiger charge is -2.09. The predicted octanol–water partition coefficient (Wildman–Crippen LogP) is 1.70. The minimum atomic E-state index is -0.661. The average molecular weight is 244 g/mol. The zero-order chi connectivity index (χ0) is 13.3. The first kappa shape index (κ1) is 15.4. The molecule has 17 heavy (non-hydrogen) atoms. The highest BCUT2D eigenvalue weighted by molar-refractivity contribution is 5.79. The van der Waals surface area contributed by atoms with E-state index < -0.39 is 6.09 Å². The molecule has 98 valence electrons. The van der Waals surface area contributed by atoms with Gasteiger partial charge in [-0.3, -0.25) is 9.63 Å². The zero-order valence-electron chi connectivity index (χ0n) is 10.8. The summed E-state index contributed by atoms with van der Waals surface area (Å²) < 4.78 is 4.93. The third-order valence-electron chi connectivity index (χ3n) is 1.94. The number of amides is 1. The van der Waals surface area contributed by atoms with Gasteiger partial charge in [-0.15, -0.1) is 0 Å². The Morgan fingerprint density at radius 1 is 1.35 bits per heavy atom. The van der Waals surface area contributed by atoms with Gasteiger partial charge < -0.3 is 10.1 Å². The number of carbonyl (C=O) groups excluding carboxylic acids is 2. The number of carbonyl (C=O) groups is 2. The monoisotopic (exact) mass is 244 g/mol. The Bertz CT molecular complexity index is 285. The van der Waals surface area contributed by atoms with Crippen molar-refractivity contribution in [2.75, 3.05) is 13.2 Å². The van der Waals surface area contributed by atoms with E-state index in [1.54, 1.807) is 20.8 Å². The summed E-state index contributed by atoms with van der Waals surface area (Å²) in [5, 5.41) is 5.88. The molecule has 0 aliphatic carbocycles. The van der Waals surface area contributed by atoms with Crippen LogP contribution in [0.5, 0.6) is 0 Å². The largest absolute Gasteiger partial charge is 0.464 e. The van der Waals surface area contributed by atoms with Gasteiger partial charge in [0.25, 0.3) is 0 Å². The Balaban J connectivity index is 3.61. The van der Waals surface area contributed by atoms with Crippen molar-refractivity contribution in [2.24, 2.45) is 11.1 Å². The fraction of sp³-hybridized carbons (Fsp3) is 0.727. The summed E-state index contributed by atoms with van der Waals surface area (Å²) in [5.74, 6) is -0.376. The standard InChI is InChI=1S/C11H20N2O4/c1-5-9(4)10(14)16-7-6-12-11(15)17-13-8(2)3/h9H,5-7H2,1-4H3,(H,12,15). The molecule has 6 heteroatoms. The molecule has 0 aliphatic rings. The summed E-state index contributed by atoms with van der Waals surface area (Å²) in [6.07, 6.45) is 0.0736. The van der Waals surface area contributed by atoms with E-state index >= 15 is 0 Å². The number of rotatable bonds is 6. The molecule has 1 N–H and O–H groups in total. The van der Waals surface area contributed by atoms with Crippen LogP contribution in [0.3, 0.4) is 0 Å². The topological polar surface area (TPSA) is 77.0 Å². The van der Waals surface area contributed by atoms with Gasteiger partial charge in [0.1, 0.15) is 6.61 Å². The van der Waals surface area contributed by atoms with E-state index in [2.05, 4.69) is 15.3 Å². The summed E-state index contributed by atoms with van der Waals surface area (Å²) in [5.41, 5.74) is 0.642. The van der Waals surface area contributed by atoms with E-state index in [4.69, 9.17) is 4.74 Å². The normalized spacial score (nSPS) is 11.3. The highest BCUT2D eigenvalue weighted by Gasteiger charge is 2.11. The lowest BCUT2D eigenvalue weighted by Crippen LogP contribution is -2.28.